The Labute approximate surface area is 185 Å². The third kappa shape index (κ3) is 4.39. The molecule has 4 rings (SSSR count). The minimum absolute atomic E-state index is 0.262. The van der Waals surface area contributed by atoms with Crippen molar-refractivity contribution in [1.29, 1.82) is 0 Å². The number of rotatable bonds is 4. The fraction of sp³-hybridized carbons (Fsp3) is 0.208. The Hall–Kier alpha value is -3.38. The molecule has 0 bridgehead atoms. The molecule has 1 aromatic heterocycles. The molecule has 2 amide bonds. The molecule has 0 radical (unpaired) electrons. The zero-order chi connectivity index (χ0) is 22.0. The molecule has 1 aliphatic rings. The van der Waals surface area contributed by atoms with Crippen molar-refractivity contribution in [3.8, 4) is 0 Å². The van der Waals surface area contributed by atoms with Gasteiger partial charge in [-0.25, -0.2) is 5.43 Å². The molecule has 2 aromatic carbocycles. The van der Waals surface area contributed by atoms with E-state index in [1.165, 1.54) is 0 Å². The summed E-state index contributed by atoms with van der Waals surface area (Å²) in [5.74, 6) is 0.278. The Morgan fingerprint density at radius 1 is 1.00 bits per heavy atom. The lowest BCUT2D eigenvalue weighted by molar-refractivity contribution is 0.0953. The summed E-state index contributed by atoms with van der Waals surface area (Å²) in [5.41, 5.74) is 6.95. The molecular weight excluding hydrogens is 414 g/mol. The van der Waals surface area contributed by atoms with Gasteiger partial charge in [-0.15, -0.1) is 0 Å². The van der Waals surface area contributed by atoms with Gasteiger partial charge in [0.2, 0.25) is 0 Å². The number of nitrogens with one attached hydrogen (secondary N) is 2. The van der Waals surface area contributed by atoms with Crippen molar-refractivity contribution in [2.24, 2.45) is 5.10 Å². The number of carbonyl (C=O) groups excluding carboxylic acids is 2. The maximum absolute atomic E-state index is 12.8. The summed E-state index contributed by atoms with van der Waals surface area (Å²) in [4.78, 5) is 25.3. The van der Waals surface area contributed by atoms with E-state index < -0.39 is 0 Å². The van der Waals surface area contributed by atoms with E-state index in [9.17, 15) is 9.59 Å². The number of fused-ring (bicyclic) bond motifs is 1. The van der Waals surface area contributed by atoms with Crippen molar-refractivity contribution in [2.45, 2.75) is 33.1 Å². The summed E-state index contributed by atoms with van der Waals surface area (Å²) in [6, 6.07) is 14.4. The number of benzene rings is 2. The zero-order valence-corrected chi connectivity index (χ0v) is 18.0. The molecule has 0 unspecified atom stereocenters. The Kier molecular flexibility index (Phi) is 5.91. The van der Waals surface area contributed by atoms with Gasteiger partial charge in [0.15, 0.2) is 5.76 Å². The summed E-state index contributed by atoms with van der Waals surface area (Å²) in [6.07, 6.45) is 2.21. The topological polar surface area (TPSA) is 83.7 Å². The standard InChI is InChI=1S/C24H22ClN3O3/c1-14-10-12-16(13-11-14)26-24(30)22-15(2)21-19(8-5-9-20(21)31-22)27-28-23(29)17-6-3-4-7-18(17)25/h3-4,6-7,10-13H,5,8-9H2,1-2H3,(H,26,30)(H,28,29)/b27-19+. The highest BCUT2D eigenvalue weighted by molar-refractivity contribution is 6.33. The second-order valence-electron chi connectivity index (χ2n) is 7.51. The second kappa shape index (κ2) is 8.78. The molecule has 0 saturated carbocycles. The Balaban J connectivity index is 1.57. The Bertz CT molecular complexity index is 1180. The summed E-state index contributed by atoms with van der Waals surface area (Å²) in [6.45, 7) is 3.82. The molecule has 3 aromatic rings. The van der Waals surface area contributed by atoms with Crippen LogP contribution in [0.1, 0.15) is 56.2 Å². The van der Waals surface area contributed by atoms with Crippen LogP contribution in [0.15, 0.2) is 58.0 Å². The van der Waals surface area contributed by atoms with Gasteiger partial charge in [-0.05, 0) is 51.0 Å². The first-order valence-electron chi connectivity index (χ1n) is 10.1. The van der Waals surface area contributed by atoms with Crippen molar-refractivity contribution in [1.82, 2.24) is 5.43 Å². The molecule has 0 spiro atoms. The minimum Gasteiger partial charge on any atom is -0.455 e. The number of nitrogens with zero attached hydrogens (tertiary/aromatic N) is 1. The van der Waals surface area contributed by atoms with Crippen LogP contribution in [-0.4, -0.2) is 17.5 Å². The van der Waals surface area contributed by atoms with E-state index in [-0.39, 0.29) is 17.6 Å². The average Bonchev–Trinajstić information content (AvgIpc) is 3.11. The van der Waals surface area contributed by atoms with Crippen LogP contribution < -0.4 is 10.7 Å². The minimum atomic E-state index is -0.385. The number of hydrogen-bond donors (Lipinski definition) is 2. The lowest BCUT2D eigenvalue weighted by Crippen LogP contribution is -2.22. The third-order valence-corrected chi connectivity index (χ3v) is 5.58. The van der Waals surface area contributed by atoms with Crippen LogP contribution in [0.3, 0.4) is 0 Å². The molecule has 1 heterocycles. The molecule has 2 N–H and O–H groups in total. The first kappa shape index (κ1) is 20.9. The van der Waals surface area contributed by atoms with E-state index in [0.717, 1.165) is 17.5 Å². The summed E-state index contributed by atoms with van der Waals surface area (Å²) in [5, 5.41) is 7.57. The molecule has 0 atom stereocenters. The van der Waals surface area contributed by atoms with Crippen LogP contribution in [0.25, 0.3) is 0 Å². The van der Waals surface area contributed by atoms with Gasteiger partial charge >= 0.3 is 0 Å². The number of halogens is 1. The fourth-order valence-corrected chi connectivity index (χ4v) is 3.87. The van der Waals surface area contributed by atoms with Crippen molar-refractivity contribution in [3.63, 3.8) is 0 Å². The van der Waals surface area contributed by atoms with Crippen LogP contribution >= 0.6 is 11.6 Å². The highest BCUT2D eigenvalue weighted by atomic mass is 35.5. The largest absolute Gasteiger partial charge is 0.455 e. The van der Waals surface area contributed by atoms with Crippen LogP contribution in [0.4, 0.5) is 5.69 Å². The molecule has 31 heavy (non-hydrogen) atoms. The van der Waals surface area contributed by atoms with Gasteiger partial charge in [-0.3, -0.25) is 9.59 Å². The lowest BCUT2D eigenvalue weighted by Gasteiger charge is -2.13. The molecule has 1 aliphatic carbocycles. The van der Waals surface area contributed by atoms with E-state index in [4.69, 9.17) is 16.0 Å². The molecule has 0 aliphatic heterocycles. The summed E-state index contributed by atoms with van der Waals surface area (Å²) >= 11 is 6.09. The predicted octanol–water partition coefficient (Wildman–Crippen LogP) is 5.27. The molecule has 0 saturated heterocycles. The van der Waals surface area contributed by atoms with Gasteiger partial charge in [-0.1, -0.05) is 41.4 Å². The van der Waals surface area contributed by atoms with Crippen molar-refractivity contribution in [3.05, 3.63) is 87.3 Å². The number of amides is 2. The Morgan fingerprint density at radius 2 is 1.74 bits per heavy atom. The zero-order valence-electron chi connectivity index (χ0n) is 17.3. The van der Waals surface area contributed by atoms with Gasteiger partial charge in [0, 0.05) is 23.2 Å². The molecule has 0 fully saturated rings. The summed E-state index contributed by atoms with van der Waals surface area (Å²) < 4.78 is 5.91. The first-order chi connectivity index (χ1) is 14.9. The quantitative estimate of drug-likeness (QED) is 0.547. The molecule has 158 valence electrons. The lowest BCUT2D eigenvalue weighted by atomic mass is 9.93. The van der Waals surface area contributed by atoms with Crippen LogP contribution in [0.2, 0.25) is 5.02 Å². The van der Waals surface area contributed by atoms with Gasteiger partial charge in [0.05, 0.1) is 16.3 Å². The van der Waals surface area contributed by atoms with Crippen molar-refractivity contribution >= 4 is 34.8 Å². The first-order valence-corrected chi connectivity index (χ1v) is 10.4. The third-order valence-electron chi connectivity index (χ3n) is 5.25. The fourth-order valence-electron chi connectivity index (χ4n) is 3.65. The highest BCUT2D eigenvalue weighted by Gasteiger charge is 2.28. The smallest absolute Gasteiger partial charge is 0.291 e. The van der Waals surface area contributed by atoms with Crippen LogP contribution in [-0.2, 0) is 6.42 Å². The van der Waals surface area contributed by atoms with Gasteiger partial charge in [0.25, 0.3) is 11.8 Å². The number of hydrazone groups is 1. The normalized spacial score (nSPS) is 14.2. The average molecular weight is 436 g/mol. The number of anilines is 1. The highest BCUT2D eigenvalue weighted by Crippen LogP contribution is 2.30. The number of furan rings is 1. The summed E-state index contributed by atoms with van der Waals surface area (Å²) in [7, 11) is 0. The van der Waals surface area contributed by atoms with E-state index in [2.05, 4.69) is 15.8 Å². The molecule has 6 nitrogen and oxygen atoms in total. The Morgan fingerprint density at radius 3 is 2.48 bits per heavy atom. The van der Waals surface area contributed by atoms with E-state index in [1.807, 2.05) is 38.1 Å². The number of carbonyl (C=O) groups is 2. The van der Waals surface area contributed by atoms with Gasteiger partial charge < -0.3 is 9.73 Å². The van der Waals surface area contributed by atoms with Crippen LogP contribution in [0.5, 0.6) is 0 Å². The van der Waals surface area contributed by atoms with Gasteiger partial charge in [0.1, 0.15) is 5.76 Å². The van der Waals surface area contributed by atoms with Gasteiger partial charge in [-0.2, -0.15) is 5.10 Å². The maximum Gasteiger partial charge on any atom is 0.291 e. The SMILES string of the molecule is Cc1ccc(NC(=O)c2oc3c(c2C)/C(=N/NC(=O)c2ccccc2Cl)CCC3)cc1. The van der Waals surface area contributed by atoms with Crippen molar-refractivity contribution < 1.29 is 14.0 Å². The maximum atomic E-state index is 12.8. The predicted molar refractivity (Wildman–Crippen MR) is 121 cm³/mol. The molecular formula is C24H22ClN3O3. The van der Waals surface area contributed by atoms with E-state index in [1.54, 1.807) is 24.3 Å². The van der Waals surface area contributed by atoms with E-state index >= 15 is 0 Å². The monoisotopic (exact) mass is 435 g/mol. The van der Waals surface area contributed by atoms with E-state index in [0.29, 0.717) is 46.2 Å². The second-order valence-corrected chi connectivity index (χ2v) is 7.91. The number of hydrogen-bond acceptors (Lipinski definition) is 4. The molecule has 7 heteroatoms. The van der Waals surface area contributed by atoms with Crippen molar-refractivity contribution in [2.75, 3.05) is 5.32 Å². The van der Waals surface area contributed by atoms with Crippen LogP contribution in [0, 0.1) is 13.8 Å². The number of aryl methyl sites for hydroxylation is 2.